The van der Waals surface area contributed by atoms with Crippen LogP contribution in [0.25, 0.3) is 0 Å². The fourth-order valence-electron chi connectivity index (χ4n) is 2.90. The summed E-state index contributed by atoms with van der Waals surface area (Å²) in [5.74, 6) is 0.862. The number of rotatable bonds is 5. The molecule has 24 heavy (non-hydrogen) atoms. The van der Waals surface area contributed by atoms with Gasteiger partial charge in [0, 0.05) is 24.5 Å². The number of hydrogen-bond acceptors (Lipinski definition) is 5. The number of methoxy groups -OCH3 is 1. The summed E-state index contributed by atoms with van der Waals surface area (Å²) < 4.78 is 11.0. The first-order valence-electron chi connectivity index (χ1n) is 8.14. The summed E-state index contributed by atoms with van der Waals surface area (Å²) in [6.45, 7) is 0. The quantitative estimate of drug-likeness (QED) is 0.914. The standard InChI is InChI=1S/C18H21N3O3/c1-23-18-15(5-4-12-20-18)17(22)21-13-7-9-14(10-8-13)24-16-6-2-3-11-19-16/h2-6,11-14H,7-10H2,1H3,(H,21,22). The molecule has 1 amide bonds. The van der Waals surface area contributed by atoms with Gasteiger partial charge in [-0.3, -0.25) is 4.79 Å². The van der Waals surface area contributed by atoms with Gasteiger partial charge in [0.25, 0.3) is 5.91 Å². The number of ether oxygens (including phenoxy) is 2. The molecule has 0 aromatic carbocycles. The van der Waals surface area contributed by atoms with Crippen molar-refractivity contribution in [3.63, 3.8) is 0 Å². The molecule has 6 heteroatoms. The Morgan fingerprint density at radius 3 is 2.58 bits per heavy atom. The molecule has 0 atom stereocenters. The zero-order valence-corrected chi connectivity index (χ0v) is 13.6. The largest absolute Gasteiger partial charge is 0.480 e. The minimum absolute atomic E-state index is 0.144. The molecule has 0 saturated heterocycles. The van der Waals surface area contributed by atoms with Crippen molar-refractivity contribution in [1.82, 2.24) is 15.3 Å². The van der Waals surface area contributed by atoms with E-state index in [2.05, 4.69) is 15.3 Å². The van der Waals surface area contributed by atoms with Crippen LogP contribution in [0.1, 0.15) is 36.0 Å². The Hall–Kier alpha value is -2.63. The zero-order valence-electron chi connectivity index (χ0n) is 13.6. The molecular weight excluding hydrogens is 306 g/mol. The van der Waals surface area contributed by atoms with Crippen LogP contribution in [0.5, 0.6) is 11.8 Å². The molecule has 0 aliphatic heterocycles. The Bertz CT molecular complexity index is 670. The van der Waals surface area contributed by atoms with Crippen LogP contribution in [-0.2, 0) is 0 Å². The Kier molecular flexibility index (Phi) is 5.25. The van der Waals surface area contributed by atoms with E-state index in [1.807, 2.05) is 18.2 Å². The predicted octanol–water partition coefficient (Wildman–Crippen LogP) is 2.61. The van der Waals surface area contributed by atoms with Crippen LogP contribution in [0.2, 0.25) is 0 Å². The highest BCUT2D eigenvalue weighted by Crippen LogP contribution is 2.23. The second-order valence-electron chi connectivity index (χ2n) is 5.79. The maximum Gasteiger partial charge on any atom is 0.256 e. The van der Waals surface area contributed by atoms with Gasteiger partial charge in [-0.25, -0.2) is 9.97 Å². The van der Waals surface area contributed by atoms with E-state index >= 15 is 0 Å². The van der Waals surface area contributed by atoms with E-state index in [1.165, 1.54) is 7.11 Å². The molecule has 0 radical (unpaired) electrons. The third-order valence-corrected chi connectivity index (χ3v) is 4.14. The van der Waals surface area contributed by atoms with Crippen molar-refractivity contribution in [1.29, 1.82) is 0 Å². The summed E-state index contributed by atoms with van der Waals surface area (Å²) in [6.07, 6.45) is 7.04. The molecule has 2 aromatic heterocycles. The van der Waals surface area contributed by atoms with Gasteiger partial charge in [0.15, 0.2) is 0 Å². The van der Waals surface area contributed by atoms with E-state index in [0.29, 0.717) is 17.3 Å². The first kappa shape index (κ1) is 16.2. The molecular formula is C18H21N3O3. The van der Waals surface area contributed by atoms with Crippen LogP contribution in [0, 0.1) is 0 Å². The normalized spacial score (nSPS) is 20.2. The highest BCUT2D eigenvalue weighted by Gasteiger charge is 2.25. The zero-order chi connectivity index (χ0) is 16.8. The second kappa shape index (κ2) is 7.77. The van der Waals surface area contributed by atoms with Crippen molar-refractivity contribution in [2.75, 3.05) is 7.11 Å². The lowest BCUT2D eigenvalue weighted by Crippen LogP contribution is -2.39. The number of carbonyl (C=O) groups is 1. The van der Waals surface area contributed by atoms with Gasteiger partial charge in [0.05, 0.1) is 7.11 Å². The van der Waals surface area contributed by atoms with E-state index in [4.69, 9.17) is 9.47 Å². The van der Waals surface area contributed by atoms with Gasteiger partial charge in [0.1, 0.15) is 11.7 Å². The SMILES string of the molecule is COc1ncccc1C(=O)NC1CCC(Oc2ccccn2)CC1. The lowest BCUT2D eigenvalue weighted by molar-refractivity contribution is 0.0886. The molecule has 1 aliphatic carbocycles. The van der Waals surface area contributed by atoms with E-state index < -0.39 is 0 Å². The third-order valence-electron chi connectivity index (χ3n) is 4.14. The second-order valence-corrected chi connectivity index (χ2v) is 5.79. The van der Waals surface area contributed by atoms with E-state index in [9.17, 15) is 4.79 Å². The Labute approximate surface area is 141 Å². The number of amides is 1. The number of nitrogens with one attached hydrogen (secondary N) is 1. The van der Waals surface area contributed by atoms with Crippen LogP contribution in [0.3, 0.4) is 0 Å². The monoisotopic (exact) mass is 327 g/mol. The fraction of sp³-hybridized carbons (Fsp3) is 0.389. The molecule has 2 heterocycles. The van der Waals surface area contributed by atoms with Crippen LogP contribution in [-0.4, -0.2) is 35.1 Å². The topological polar surface area (TPSA) is 73.3 Å². The van der Waals surface area contributed by atoms with Crippen molar-refractivity contribution in [3.8, 4) is 11.8 Å². The molecule has 3 rings (SSSR count). The van der Waals surface area contributed by atoms with Crippen molar-refractivity contribution < 1.29 is 14.3 Å². The molecule has 2 aromatic rings. The predicted molar refractivity (Wildman–Crippen MR) is 89.2 cm³/mol. The first-order chi connectivity index (χ1) is 11.8. The summed E-state index contributed by atoms with van der Waals surface area (Å²) in [6, 6.07) is 9.24. The molecule has 1 saturated carbocycles. The molecule has 0 spiro atoms. The highest BCUT2D eigenvalue weighted by molar-refractivity contribution is 5.96. The Morgan fingerprint density at radius 2 is 1.88 bits per heavy atom. The van der Waals surface area contributed by atoms with E-state index in [-0.39, 0.29) is 18.1 Å². The van der Waals surface area contributed by atoms with Crippen molar-refractivity contribution >= 4 is 5.91 Å². The smallest absolute Gasteiger partial charge is 0.256 e. The Balaban J connectivity index is 1.51. The number of pyridine rings is 2. The average Bonchev–Trinajstić information content (AvgIpc) is 2.64. The summed E-state index contributed by atoms with van der Waals surface area (Å²) in [5.41, 5.74) is 0.465. The van der Waals surface area contributed by atoms with Crippen LogP contribution in [0.4, 0.5) is 0 Å². The number of hydrogen-bond donors (Lipinski definition) is 1. The van der Waals surface area contributed by atoms with E-state index in [0.717, 1.165) is 25.7 Å². The van der Waals surface area contributed by atoms with E-state index in [1.54, 1.807) is 24.5 Å². The molecule has 0 unspecified atom stereocenters. The van der Waals surface area contributed by atoms with Gasteiger partial charge in [-0.15, -0.1) is 0 Å². The lowest BCUT2D eigenvalue weighted by Gasteiger charge is -2.29. The van der Waals surface area contributed by atoms with Gasteiger partial charge < -0.3 is 14.8 Å². The highest BCUT2D eigenvalue weighted by atomic mass is 16.5. The molecule has 1 aliphatic rings. The molecule has 6 nitrogen and oxygen atoms in total. The molecule has 126 valence electrons. The Morgan fingerprint density at radius 1 is 1.08 bits per heavy atom. The van der Waals surface area contributed by atoms with Crippen LogP contribution < -0.4 is 14.8 Å². The molecule has 0 bridgehead atoms. The summed E-state index contributed by atoms with van der Waals surface area (Å²) in [5, 5.41) is 3.06. The first-order valence-corrected chi connectivity index (χ1v) is 8.14. The molecule has 1 N–H and O–H groups in total. The third kappa shape index (κ3) is 4.01. The van der Waals surface area contributed by atoms with Crippen LogP contribution >= 0.6 is 0 Å². The van der Waals surface area contributed by atoms with Gasteiger partial charge in [0.2, 0.25) is 11.8 Å². The fourth-order valence-corrected chi connectivity index (χ4v) is 2.90. The average molecular weight is 327 g/mol. The summed E-state index contributed by atoms with van der Waals surface area (Å²) >= 11 is 0. The maximum absolute atomic E-state index is 12.4. The van der Waals surface area contributed by atoms with Crippen molar-refractivity contribution in [3.05, 3.63) is 48.3 Å². The minimum atomic E-state index is -0.144. The number of carbonyl (C=O) groups excluding carboxylic acids is 1. The summed E-state index contributed by atoms with van der Waals surface area (Å²) in [7, 11) is 1.51. The number of aromatic nitrogens is 2. The molecule has 1 fully saturated rings. The lowest BCUT2D eigenvalue weighted by atomic mass is 9.92. The van der Waals surface area contributed by atoms with Gasteiger partial charge in [-0.1, -0.05) is 6.07 Å². The van der Waals surface area contributed by atoms with Gasteiger partial charge in [-0.05, 0) is 43.9 Å². The summed E-state index contributed by atoms with van der Waals surface area (Å²) in [4.78, 5) is 20.6. The van der Waals surface area contributed by atoms with Crippen molar-refractivity contribution in [2.45, 2.75) is 37.8 Å². The van der Waals surface area contributed by atoms with Crippen LogP contribution in [0.15, 0.2) is 42.7 Å². The van der Waals surface area contributed by atoms with Crippen molar-refractivity contribution in [2.24, 2.45) is 0 Å². The maximum atomic E-state index is 12.4. The van der Waals surface area contributed by atoms with Gasteiger partial charge >= 0.3 is 0 Å². The van der Waals surface area contributed by atoms with Gasteiger partial charge in [-0.2, -0.15) is 0 Å². The minimum Gasteiger partial charge on any atom is -0.480 e. The number of nitrogens with zero attached hydrogens (tertiary/aromatic N) is 2.